The van der Waals surface area contributed by atoms with Crippen LogP contribution < -0.4 is 15.2 Å². The first kappa shape index (κ1) is 14.6. The van der Waals surface area contributed by atoms with Crippen LogP contribution in [0.5, 0.6) is 11.5 Å². The van der Waals surface area contributed by atoms with Gasteiger partial charge in [0, 0.05) is 5.92 Å². The lowest BCUT2D eigenvalue weighted by molar-refractivity contribution is 0.0724. The predicted octanol–water partition coefficient (Wildman–Crippen LogP) is 2.53. The lowest BCUT2D eigenvalue weighted by Crippen LogP contribution is -2.29. The molecular weight excluding hydrogens is 304 g/mol. The number of hydrogen-bond acceptors (Lipinski definition) is 5. The van der Waals surface area contributed by atoms with E-state index < -0.39 is 5.60 Å². The minimum Gasteiger partial charge on any atom is -0.454 e. The second-order valence-electron chi connectivity index (χ2n) is 6.03. The van der Waals surface area contributed by atoms with Gasteiger partial charge in [0.05, 0.1) is 17.3 Å². The molecule has 0 aromatic heterocycles. The molecule has 1 aliphatic carbocycles. The number of nitriles is 1. The third-order valence-electron chi connectivity index (χ3n) is 4.75. The van der Waals surface area contributed by atoms with Gasteiger partial charge in [-0.25, -0.2) is 0 Å². The summed E-state index contributed by atoms with van der Waals surface area (Å²) in [4.78, 5) is 0. The number of ether oxygens (including phenoxy) is 2. The number of benzene rings is 2. The van der Waals surface area contributed by atoms with Crippen molar-refractivity contribution in [3.63, 3.8) is 0 Å². The van der Waals surface area contributed by atoms with Crippen molar-refractivity contribution in [1.29, 1.82) is 5.26 Å². The molecule has 4 rings (SSSR count). The third kappa shape index (κ3) is 2.04. The van der Waals surface area contributed by atoms with Gasteiger partial charge in [0.25, 0.3) is 0 Å². The van der Waals surface area contributed by atoms with Gasteiger partial charge in [-0.15, -0.1) is 0 Å². The standard InChI is InChI=1S/C19H16N2O3/c20-10-15-14(12-6-7-16-17(8-12)24-11-23-16)9-19(22,18(15)21)13-4-2-1-3-5-13/h1-8,14,22H,9,11,21H2/t14-,19+/m1/s1. The quantitative estimate of drug-likeness (QED) is 0.887. The lowest BCUT2D eigenvalue weighted by Gasteiger charge is -2.25. The highest BCUT2D eigenvalue weighted by molar-refractivity contribution is 5.54. The van der Waals surface area contributed by atoms with Crippen LogP contribution in [0.4, 0.5) is 0 Å². The maximum atomic E-state index is 11.2. The molecule has 1 aliphatic heterocycles. The first-order chi connectivity index (χ1) is 11.6. The molecule has 3 N–H and O–H groups in total. The van der Waals surface area contributed by atoms with Crippen LogP contribution in [-0.2, 0) is 5.60 Å². The Bertz CT molecular complexity index is 870. The van der Waals surface area contributed by atoms with E-state index in [1.54, 1.807) is 0 Å². The van der Waals surface area contributed by atoms with Crippen molar-refractivity contribution in [2.24, 2.45) is 5.73 Å². The second kappa shape index (κ2) is 5.29. The molecule has 2 aromatic carbocycles. The highest BCUT2D eigenvalue weighted by Crippen LogP contribution is 2.49. The van der Waals surface area contributed by atoms with E-state index in [0.717, 1.165) is 5.56 Å². The van der Waals surface area contributed by atoms with Gasteiger partial charge < -0.3 is 20.3 Å². The van der Waals surface area contributed by atoms with Crippen LogP contribution in [0.1, 0.15) is 23.5 Å². The fourth-order valence-corrected chi connectivity index (χ4v) is 3.46. The molecule has 2 atom stereocenters. The zero-order valence-corrected chi connectivity index (χ0v) is 12.9. The van der Waals surface area contributed by atoms with Crippen molar-refractivity contribution >= 4 is 0 Å². The second-order valence-corrected chi connectivity index (χ2v) is 6.03. The minimum atomic E-state index is -1.34. The van der Waals surface area contributed by atoms with Crippen molar-refractivity contribution < 1.29 is 14.6 Å². The van der Waals surface area contributed by atoms with Crippen LogP contribution in [-0.4, -0.2) is 11.9 Å². The smallest absolute Gasteiger partial charge is 0.231 e. The van der Waals surface area contributed by atoms with Crippen molar-refractivity contribution in [1.82, 2.24) is 0 Å². The fourth-order valence-electron chi connectivity index (χ4n) is 3.46. The van der Waals surface area contributed by atoms with E-state index in [2.05, 4.69) is 6.07 Å². The van der Waals surface area contributed by atoms with Gasteiger partial charge in [-0.2, -0.15) is 5.26 Å². The lowest BCUT2D eigenvalue weighted by atomic mass is 9.86. The average molecular weight is 320 g/mol. The van der Waals surface area contributed by atoms with Crippen molar-refractivity contribution in [3.8, 4) is 17.6 Å². The Morgan fingerprint density at radius 1 is 1.12 bits per heavy atom. The number of allylic oxidation sites excluding steroid dienone is 1. The first-order valence-electron chi connectivity index (χ1n) is 7.71. The Morgan fingerprint density at radius 2 is 1.88 bits per heavy atom. The average Bonchev–Trinajstić information content (AvgIpc) is 3.18. The number of hydrogen-bond donors (Lipinski definition) is 2. The Labute approximate surface area is 139 Å². The van der Waals surface area contributed by atoms with Gasteiger partial charge in [-0.05, 0) is 29.7 Å². The number of fused-ring (bicyclic) bond motifs is 1. The summed E-state index contributed by atoms with van der Waals surface area (Å²) in [7, 11) is 0. The van der Waals surface area contributed by atoms with Gasteiger partial charge >= 0.3 is 0 Å². The van der Waals surface area contributed by atoms with Gasteiger partial charge in [-0.1, -0.05) is 36.4 Å². The Balaban J connectivity index is 1.78. The maximum absolute atomic E-state index is 11.2. The molecule has 2 aliphatic rings. The zero-order valence-electron chi connectivity index (χ0n) is 12.9. The summed E-state index contributed by atoms with van der Waals surface area (Å²) < 4.78 is 10.7. The van der Waals surface area contributed by atoms with E-state index >= 15 is 0 Å². The monoisotopic (exact) mass is 320 g/mol. The van der Waals surface area contributed by atoms with Crippen molar-refractivity contribution in [2.75, 3.05) is 6.79 Å². The Kier molecular flexibility index (Phi) is 3.22. The highest BCUT2D eigenvalue weighted by Gasteiger charge is 2.45. The van der Waals surface area contributed by atoms with Gasteiger partial charge in [0.2, 0.25) is 6.79 Å². The molecule has 5 heteroatoms. The molecule has 0 amide bonds. The molecule has 0 saturated carbocycles. The van der Waals surface area contributed by atoms with E-state index in [4.69, 9.17) is 15.2 Å². The summed E-state index contributed by atoms with van der Waals surface area (Å²) >= 11 is 0. The topological polar surface area (TPSA) is 88.5 Å². The Hall–Kier alpha value is -2.97. The number of aliphatic hydroxyl groups is 1. The fraction of sp³-hybridized carbons (Fsp3) is 0.211. The van der Waals surface area contributed by atoms with Gasteiger partial charge in [0.1, 0.15) is 5.60 Å². The van der Waals surface area contributed by atoms with Crippen LogP contribution in [0.3, 0.4) is 0 Å². The molecule has 0 unspecified atom stereocenters. The molecule has 24 heavy (non-hydrogen) atoms. The number of rotatable bonds is 2. The van der Waals surface area contributed by atoms with E-state index in [9.17, 15) is 10.4 Å². The molecule has 0 radical (unpaired) electrons. The molecule has 0 bridgehead atoms. The Morgan fingerprint density at radius 3 is 2.62 bits per heavy atom. The van der Waals surface area contributed by atoms with E-state index in [-0.39, 0.29) is 18.4 Å². The molecule has 1 heterocycles. The van der Waals surface area contributed by atoms with E-state index in [1.807, 2.05) is 48.5 Å². The number of nitrogens with zero attached hydrogens (tertiary/aromatic N) is 1. The first-order valence-corrected chi connectivity index (χ1v) is 7.71. The van der Waals surface area contributed by atoms with Gasteiger partial charge in [0.15, 0.2) is 11.5 Å². The number of nitrogens with two attached hydrogens (primary N) is 1. The summed E-state index contributed by atoms with van der Waals surface area (Å²) in [5, 5.41) is 20.8. The van der Waals surface area contributed by atoms with Crippen molar-refractivity contribution in [3.05, 3.63) is 70.9 Å². The zero-order chi connectivity index (χ0) is 16.7. The molecule has 5 nitrogen and oxygen atoms in total. The molecule has 2 aromatic rings. The normalized spacial score (nSPS) is 24.9. The summed E-state index contributed by atoms with van der Waals surface area (Å²) in [6, 6.07) is 17.0. The molecule has 0 fully saturated rings. The summed E-state index contributed by atoms with van der Waals surface area (Å²) in [5.74, 6) is 1.05. The van der Waals surface area contributed by atoms with Crippen LogP contribution in [0.2, 0.25) is 0 Å². The molecular formula is C19H16N2O3. The van der Waals surface area contributed by atoms with Crippen LogP contribution >= 0.6 is 0 Å². The predicted molar refractivity (Wildman–Crippen MR) is 87.1 cm³/mol. The van der Waals surface area contributed by atoms with Crippen molar-refractivity contribution in [2.45, 2.75) is 17.9 Å². The van der Waals surface area contributed by atoms with E-state index in [0.29, 0.717) is 29.1 Å². The van der Waals surface area contributed by atoms with Gasteiger partial charge in [-0.3, -0.25) is 0 Å². The van der Waals surface area contributed by atoms with E-state index in [1.165, 1.54) is 0 Å². The maximum Gasteiger partial charge on any atom is 0.231 e. The van der Waals surface area contributed by atoms with Crippen LogP contribution in [0.15, 0.2) is 59.8 Å². The molecule has 0 spiro atoms. The summed E-state index contributed by atoms with van der Waals surface area (Å²) in [6.07, 6.45) is 0.325. The molecule has 120 valence electrons. The summed E-state index contributed by atoms with van der Waals surface area (Å²) in [6.45, 7) is 0.195. The molecule has 0 saturated heterocycles. The third-order valence-corrected chi connectivity index (χ3v) is 4.75. The SMILES string of the molecule is N#CC1=C(N)[C@@](O)(c2ccccc2)C[C@@H]1c1ccc2c(c1)OCO2. The summed E-state index contributed by atoms with van der Waals surface area (Å²) in [5.41, 5.74) is 7.05. The highest BCUT2D eigenvalue weighted by atomic mass is 16.7. The van der Waals surface area contributed by atoms with Crippen LogP contribution in [0, 0.1) is 11.3 Å². The van der Waals surface area contributed by atoms with Crippen LogP contribution in [0.25, 0.3) is 0 Å². The minimum absolute atomic E-state index is 0.195. The largest absolute Gasteiger partial charge is 0.454 e.